The van der Waals surface area contributed by atoms with E-state index in [1.165, 1.54) is 0 Å². The van der Waals surface area contributed by atoms with Crippen molar-refractivity contribution in [1.29, 1.82) is 5.41 Å². The Hall–Kier alpha value is -3.04. The van der Waals surface area contributed by atoms with E-state index >= 15 is 0 Å². The van der Waals surface area contributed by atoms with Gasteiger partial charge in [-0.2, -0.15) is 4.57 Å². The normalized spacial score (nSPS) is 20.8. The Balaban J connectivity index is 2.17. The van der Waals surface area contributed by atoms with E-state index in [2.05, 4.69) is 11.2 Å². The van der Waals surface area contributed by atoms with Crippen molar-refractivity contribution in [3.8, 4) is 0 Å². The van der Waals surface area contributed by atoms with Crippen LogP contribution in [-0.4, -0.2) is 17.7 Å². The fourth-order valence-electron chi connectivity index (χ4n) is 2.87. The number of carbonyl (C=O) groups excluding carboxylic acids is 2. The third kappa shape index (κ3) is 2.70. The first kappa shape index (κ1) is 14.9. The van der Waals surface area contributed by atoms with E-state index in [9.17, 15) is 9.59 Å². The average molecular weight is 306 g/mol. The third-order valence-corrected chi connectivity index (χ3v) is 4.01. The molecule has 5 heteroatoms. The molecule has 1 saturated heterocycles. The van der Waals surface area contributed by atoms with Crippen molar-refractivity contribution in [1.82, 2.24) is 5.32 Å². The summed E-state index contributed by atoms with van der Waals surface area (Å²) in [5.74, 6) is 0.755. The molecule has 0 bridgehead atoms. The van der Waals surface area contributed by atoms with Crippen LogP contribution < -0.4 is 9.88 Å². The number of benzene rings is 1. The molecule has 23 heavy (non-hydrogen) atoms. The van der Waals surface area contributed by atoms with Crippen molar-refractivity contribution in [2.75, 3.05) is 0 Å². The summed E-state index contributed by atoms with van der Waals surface area (Å²) in [7, 11) is 0. The van der Waals surface area contributed by atoms with Gasteiger partial charge in [0.25, 0.3) is 11.8 Å². The van der Waals surface area contributed by atoms with E-state index < -0.39 is 17.9 Å². The molecule has 1 aliphatic heterocycles. The Bertz CT molecular complexity index is 806. The molecule has 0 radical (unpaired) electrons. The topological polar surface area (TPSA) is 73.9 Å². The SMILES string of the molecule is Cc1ccc(C2C(=C=N)C(=O)NC(=O)C2[n+]2ccccc2)cc1. The van der Waals surface area contributed by atoms with E-state index in [-0.39, 0.29) is 11.5 Å². The lowest BCUT2D eigenvalue weighted by Crippen LogP contribution is -2.57. The maximum absolute atomic E-state index is 12.5. The number of imide groups is 1. The molecule has 1 fully saturated rings. The molecule has 2 atom stereocenters. The molecule has 0 saturated carbocycles. The maximum Gasteiger partial charge on any atom is 0.296 e. The van der Waals surface area contributed by atoms with Gasteiger partial charge in [0.05, 0.1) is 11.5 Å². The van der Waals surface area contributed by atoms with Crippen LogP contribution in [0.3, 0.4) is 0 Å². The van der Waals surface area contributed by atoms with E-state index in [1.54, 1.807) is 17.0 Å². The van der Waals surface area contributed by atoms with Gasteiger partial charge in [-0.05, 0) is 18.4 Å². The van der Waals surface area contributed by atoms with Gasteiger partial charge in [0, 0.05) is 12.1 Å². The molecule has 0 spiro atoms. The summed E-state index contributed by atoms with van der Waals surface area (Å²) >= 11 is 0. The Morgan fingerprint density at radius 1 is 1.09 bits per heavy atom. The highest BCUT2D eigenvalue weighted by Gasteiger charge is 2.47. The van der Waals surface area contributed by atoms with Crippen LogP contribution >= 0.6 is 0 Å². The van der Waals surface area contributed by atoms with Gasteiger partial charge in [0.2, 0.25) is 6.04 Å². The minimum Gasteiger partial charge on any atom is -0.286 e. The van der Waals surface area contributed by atoms with Gasteiger partial charge >= 0.3 is 0 Å². The van der Waals surface area contributed by atoms with Crippen LogP contribution in [0, 0.1) is 12.3 Å². The molecule has 2 amide bonds. The number of rotatable bonds is 2. The maximum atomic E-state index is 12.5. The van der Waals surface area contributed by atoms with Crippen LogP contribution in [0.2, 0.25) is 0 Å². The summed E-state index contributed by atoms with van der Waals surface area (Å²) in [6.07, 6.45) is 3.56. The number of piperidine rings is 1. The summed E-state index contributed by atoms with van der Waals surface area (Å²) < 4.78 is 1.75. The summed E-state index contributed by atoms with van der Waals surface area (Å²) in [6.45, 7) is 1.97. The van der Waals surface area contributed by atoms with Crippen molar-refractivity contribution in [3.05, 3.63) is 71.6 Å². The van der Waals surface area contributed by atoms with Crippen LogP contribution in [0.15, 0.2) is 60.4 Å². The summed E-state index contributed by atoms with van der Waals surface area (Å²) in [5.41, 5.74) is 2.06. The van der Waals surface area contributed by atoms with Crippen molar-refractivity contribution in [2.45, 2.75) is 18.9 Å². The number of nitrogens with one attached hydrogen (secondary N) is 2. The van der Waals surface area contributed by atoms with Gasteiger partial charge in [-0.25, -0.2) is 0 Å². The Labute approximate surface area is 133 Å². The number of aryl methyl sites for hydroxylation is 1. The predicted molar refractivity (Wildman–Crippen MR) is 84.0 cm³/mol. The lowest BCUT2D eigenvalue weighted by atomic mass is 9.81. The van der Waals surface area contributed by atoms with Crippen LogP contribution in [0.4, 0.5) is 0 Å². The zero-order valence-electron chi connectivity index (χ0n) is 12.6. The molecule has 2 N–H and O–H groups in total. The largest absolute Gasteiger partial charge is 0.296 e. The Morgan fingerprint density at radius 3 is 2.35 bits per heavy atom. The second-order valence-electron chi connectivity index (χ2n) is 5.51. The highest BCUT2D eigenvalue weighted by molar-refractivity contribution is 6.13. The Morgan fingerprint density at radius 2 is 1.74 bits per heavy atom. The molecule has 3 rings (SSSR count). The van der Waals surface area contributed by atoms with Gasteiger partial charge in [-0.15, -0.1) is 0 Å². The molecule has 2 heterocycles. The molecule has 2 aromatic rings. The smallest absolute Gasteiger partial charge is 0.286 e. The van der Waals surface area contributed by atoms with E-state index in [0.29, 0.717) is 0 Å². The molecular formula is C18H16N3O2+. The van der Waals surface area contributed by atoms with Gasteiger partial charge in [-0.1, -0.05) is 35.9 Å². The molecule has 5 nitrogen and oxygen atoms in total. The predicted octanol–water partition coefficient (Wildman–Crippen LogP) is 1.44. The number of aromatic nitrogens is 1. The highest BCUT2D eigenvalue weighted by Crippen LogP contribution is 2.34. The number of amides is 2. The monoisotopic (exact) mass is 306 g/mol. The summed E-state index contributed by atoms with van der Waals surface area (Å²) in [6, 6.07) is 12.5. The standard InChI is InChI=1S/C18H15N3O2/c1-12-5-7-13(8-6-12)15-14(11-19)17(22)20-18(23)16(15)21-9-3-2-4-10-21/h2-10,15-16,19H,1H3/p+1. The van der Waals surface area contributed by atoms with Crippen LogP contribution in [0.1, 0.15) is 23.1 Å². The van der Waals surface area contributed by atoms with Crippen LogP contribution in [0.25, 0.3) is 0 Å². The van der Waals surface area contributed by atoms with Crippen molar-refractivity contribution >= 4 is 17.7 Å². The first-order valence-corrected chi connectivity index (χ1v) is 7.29. The molecule has 1 aromatic heterocycles. The van der Waals surface area contributed by atoms with E-state index in [4.69, 9.17) is 5.41 Å². The number of hydrogen-bond donors (Lipinski definition) is 2. The first-order valence-electron chi connectivity index (χ1n) is 7.29. The zero-order valence-corrected chi connectivity index (χ0v) is 12.6. The third-order valence-electron chi connectivity index (χ3n) is 4.01. The number of hydrogen-bond acceptors (Lipinski definition) is 3. The number of carbonyl (C=O) groups is 2. The fraction of sp³-hybridized carbons (Fsp3) is 0.167. The summed E-state index contributed by atoms with van der Waals surface area (Å²) in [5, 5.41) is 9.82. The van der Waals surface area contributed by atoms with E-state index in [0.717, 1.165) is 11.1 Å². The first-order chi connectivity index (χ1) is 11.1. The van der Waals surface area contributed by atoms with Crippen molar-refractivity contribution in [3.63, 3.8) is 0 Å². The van der Waals surface area contributed by atoms with Gasteiger partial charge in [-0.3, -0.25) is 20.3 Å². The van der Waals surface area contributed by atoms with Crippen LogP contribution in [-0.2, 0) is 9.59 Å². The minimum absolute atomic E-state index is 0.162. The second-order valence-corrected chi connectivity index (χ2v) is 5.51. The zero-order chi connectivity index (χ0) is 16.4. The van der Waals surface area contributed by atoms with E-state index in [1.807, 2.05) is 49.4 Å². The molecule has 0 aliphatic carbocycles. The molecule has 114 valence electrons. The van der Waals surface area contributed by atoms with Gasteiger partial charge < -0.3 is 0 Å². The molecule has 1 aromatic carbocycles. The second kappa shape index (κ2) is 5.99. The average Bonchev–Trinajstić information content (AvgIpc) is 2.56. The summed E-state index contributed by atoms with van der Waals surface area (Å²) in [4.78, 5) is 24.6. The lowest BCUT2D eigenvalue weighted by molar-refractivity contribution is -0.711. The number of nitrogens with zero attached hydrogens (tertiary/aromatic N) is 1. The molecular weight excluding hydrogens is 290 g/mol. The quantitative estimate of drug-likeness (QED) is 0.381. The lowest BCUT2D eigenvalue weighted by Gasteiger charge is -2.27. The van der Waals surface area contributed by atoms with Gasteiger partial charge in [0.15, 0.2) is 12.4 Å². The number of pyridine rings is 1. The van der Waals surface area contributed by atoms with Crippen molar-refractivity contribution in [2.24, 2.45) is 0 Å². The van der Waals surface area contributed by atoms with Crippen LogP contribution in [0.5, 0.6) is 0 Å². The fourth-order valence-corrected chi connectivity index (χ4v) is 2.87. The Kier molecular flexibility index (Phi) is 3.87. The molecule has 1 aliphatic rings. The highest BCUT2D eigenvalue weighted by atomic mass is 16.2. The van der Waals surface area contributed by atoms with Crippen molar-refractivity contribution < 1.29 is 14.2 Å². The minimum atomic E-state index is -0.635. The molecule has 2 unspecified atom stereocenters. The van der Waals surface area contributed by atoms with Gasteiger partial charge in [0.1, 0.15) is 0 Å².